The number of methoxy groups -OCH3 is 2. The number of hydrogen-bond donors (Lipinski definition) is 0. The fraction of sp³-hybridized carbons (Fsp3) is 0.455. The molecule has 10 heteroatoms. The average molecular weight is 464 g/mol. The van der Waals surface area contributed by atoms with Gasteiger partial charge in [0.25, 0.3) is 5.69 Å². The van der Waals surface area contributed by atoms with E-state index in [0.717, 1.165) is 24.5 Å². The van der Waals surface area contributed by atoms with Gasteiger partial charge in [-0.15, -0.1) is 0 Å². The Labute approximate surface area is 188 Å². The van der Waals surface area contributed by atoms with Gasteiger partial charge in [-0.05, 0) is 48.6 Å². The van der Waals surface area contributed by atoms with E-state index < -0.39 is 14.9 Å². The Kier molecular flexibility index (Phi) is 7.25. The summed E-state index contributed by atoms with van der Waals surface area (Å²) in [5.74, 6) is 1.41. The Hall–Kier alpha value is -2.85. The molecule has 0 aromatic heterocycles. The Bertz CT molecular complexity index is 1090. The van der Waals surface area contributed by atoms with E-state index in [1.54, 1.807) is 38.3 Å². The van der Waals surface area contributed by atoms with E-state index in [4.69, 9.17) is 9.47 Å². The van der Waals surface area contributed by atoms with Gasteiger partial charge in [0.05, 0.1) is 24.0 Å². The third-order valence-electron chi connectivity index (χ3n) is 5.68. The van der Waals surface area contributed by atoms with Crippen LogP contribution in [0.1, 0.15) is 25.3 Å². The van der Waals surface area contributed by atoms with Crippen LogP contribution in [0.4, 0.5) is 11.4 Å². The summed E-state index contributed by atoms with van der Waals surface area (Å²) in [6, 6.07) is 9.53. The highest BCUT2D eigenvalue weighted by molar-refractivity contribution is 7.89. The number of rotatable bonds is 8. The number of hydrogen-bond acceptors (Lipinski definition) is 7. The van der Waals surface area contributed by atoms with Crippen molar-refractivity contribution in [1.29, 1.82) is 0 Å². The summed E-state index contributed by atoms with van der Waals surface area (Å²) in [6.07, 6.45) is 1.76. The number of benzene rings is 2. The summed E-state index contributed by atoms with van der Waals surface area (Å²) in [6.45, 7) is 3.23. The number of anilines is 1. The van der Waals surface area contributed by atoms with Crippen LogP contribution in [0.25, 0.3) is 0 Å². The number of nitro groups is 1. The average Bonchev–Trinajstić information content (AvgIpc) is 2.78. The van der Waals surface area contributed by atoms with Crippen LogP contribution in [0.3, 0.4) is 0 Å². The predicted octanol–water partition coefficient (Wildman–Crippen LogP) is 3.67. The molecule has 32 heavy (non-hydrogen) atoms. The van der Waals surface area contributed by atoms with Crippen LogP contribution < -0.4 is 14.4 Å². The molecule has 0 saturated carbocycles. The van der Waals surface area contributed by atoms with Gasteiger partial charge in [0, 0.05) is 32.7 Å². The quantitative estimate of drug-likeness (QED) is 0.435. The van der Waals surface area contributed by atoms with Crippen molar-refractivity contribution in [1.82, 2.24) is 4.31 Å². The second-order valence-corrected chi connectivity index (χ2v) is 10.0. The standard InChI is InChI=1S/C22H29N3O6S/c1-16-6-5-11-24(14-16)32(28,29)18-8-9-19(20(13-18)25(26)27)23(2)15-17-7-10-21(30-3)22(12-17)31-4/h7-10,12-13,16H,5-6,11,14-15H2,1-4H3. The van der Waals surface area contributed by atoms with Crippen molar-refractivity contribution in [2.24, 2.45) is 5.92 Å². The van der Waals surface area contributed by atoms with E-state index in [1.165, 1.54) is 16.4 Å². The Morgan fingerprint density at radius 3 is 2.50 bits per heavy atom. The zero-order valence-electron chi connectivity index (χ0n) is 18.8. The number of nitrogens with zero attached hydrogens (tertiary/aromatic N) is 3. The molecule has 1 atom stereocenters. The van der Waals surface area contributed by atoms with Crippen LogP contribution in [-0.4, -0.2) is 52.0 Å². The first-order valence-corrected chi connectivity index (χ1v) is 11.8. The highest BCUT2D eigenvalue weighted by Gasteiger charge is 2.31. The summed E-state index contributed by atoms with van der Waals surface area (Å²) in [4.78, 5) is 12.9. The summed E-state index contributed by atoms with van der Waals surface area (Å²) in [7, 11) is 1.02. The van der Waals surface area contributed by atoms with E-state index in [1.807, 2.05) is 13.0 Å². The van der Waals surface area contributed by atoms with Crippen LogP contribution >= 0.6 is 0 Å². The maximum absolute atomic E-state index is 13.1. The summed E-state index contributed by atoms with van der Waals surface area (Å²) < 4.78 is 38.1. The SMILES string of the molecule is COc1ccc(CN(C)c2ccc(S(=O)(=O)N3CCCC(C)C3)cc2[N+](=O)[O-])cc1OC. The van der Waals surface area contributed by atoms with E-state index in [9.17, 15) is 18.5 Å². The van der Waals surface area contributed by atoms with Gasteiger partial charge in [-0.3, -0.25) is 10.1 Å². The lowest BCUT2D eigenvalue weighted by molar-refractivity contribution is -0.384. The van der Waals surface area contributed by atoms with Crippen LogP contribution in [0.15, 0.2) is 41.3 Å². The van der Waals surface area contributed by atoms with Gasteiger partial charge in [0.1, 0.15) is 5.69 Å². The molecule has 0 amide bonds. The highest BCUT2D eigenvalue weighted by atomic mass is 32.2. The first kappa shape index (κ1) is 23.8. The molecule has 1 heterocycles. The molecule has 9 nitrogen and oxygen atoms in total. The molecule has 2 aromatic carbocycles. The molecule has 0 spiro atoms. The minimum Gasteiger partial charge on any atom is -0.493 e. The fourth-order valence-corrected chi connectivity index (χ4v) is 5.60. The lowest BCUT2D eigenvalue weighted by Crippen LogP contribution is -2.39. The highest BCUT2D eigenvalue weighted by Crippen LogP contribution is 2.34. The van der Waals surface area contributed by atoms with E-state index in [-0.39, 0.29) is 16.5 Å². The van der Waals surface area contributed by atoms with Crippen LogP contribution in [-0.2, 0) is 16.6 Å². The molecule has 0 radical (unpaired) electrons. The van der Waals surface area contributed by atoms with Gasteiger partial charge < -0.3 is 14.4 Å². The Balaban J connectivity index is 1.90. The topological polar surface area (TPSA) is 102 Å². The number of nitro benzene ring substituents is 1. The van der Waals surface area contributed by atoms with Gasteiger partial charge in [-0.1, -0.05) is 13.0 Å². The first-order chi connectivity index (χ1) is 15.2. The zero-order chi connectivity index (χ0) is 23.5. The molecule has 0 N–H and O–H groups in total. The molecule has 0 bridgehead atoms. The van der Waals surface area contributed by atoms with Crippen molar-refractivity contribution in [3.63, 3.8) is 0 Å². The van der Waals surface area contributed by atoms with Gasteiger partial charge >= 0.3 is 0 Å². The zero-order valence-corrected chi connectivity index (χ0v) is 19.6. The lowest BCUT2D eigenvalue weighted by atomic mass is 10.0. The largest absolute Gasteiger partial charge is 0.493 e. The maximum Gasteiger partial charge on any atom is 0.293 e. The third-order valence-corrected chi connectivity index (χ3v) is 7.54. The fourth-order valence-electron chi connectivity index (χ4n) is 3.98. The number of ether oxygens (including phenoxy) is 2. The molecule has 0 aliphatic carbocycles. The molecular formula is C22H29N3O6S. The molecule has 1 aliphatic rings. The van der Waals surface area contributed by atoms with Crippen molar-refractivity contribution in [3.8, 4) is 11.5 Å². The Morgan fingerprint density at radius 1 is 1.16 bits per heavy atom. The predicted molar refractivity (Wildman–Crippen MR) is 122 cm³/mol. The normalized spacial score (nSPS) is 17.1. The third kappa shape index (κ3) is 4.97. The van der Waals surface area contributed by atoms with Gasteiger partial charge in [0.2, 0.25) is 10.0 Å². The molecule has 2 aromatic rings. The van der Waals surface area contributed by atoms with Crippen molar-refractivity contribution in [2.75, 3.05) is 39.3 Å². The Morgan fingerprint density at radius 2 is 1.88 bits per heavy atom. The van der Waals surface area contributed by atoms with Crippen LogP contribution in [0, 0.1) is 16.0 Å². The minimum absolute atomic E-state index is 0.0541. The van der Waals surface area contributed by atoms with E-state index in [0.29, 0.717) is 36.8 Å². The smallest absolute Gasteiger partial charge is 0.293 e. The molecule has 1 fully saturated rings. The summed E-state index contributed by atoms with van der Waals surface area (Å²) in [5, 5.41) is 11.8. The molecule has 3 rings (SSSR count). The number of sulfonamides is 1. The van der Waals surface area contributed by atoms with Crippen molar-refractivity contribution >= 4 is 21.4 Å². The molecule has 1 unspecified atom stereocenters. The molecule has 1 aliphatic heterocycles. The summed E-state index contributed by atoms with van der Waals surface area (Å²) >= 11 is 0. The van der Waals surface area contributed by atoms with Crippen molar-refractivity contribution < 1.29 is 22.8 Å². The minimum atomic E-state index is -3.79. The maximum atomic E-state index is 13.1. The van der Waals surface area contributed by atoms with Crippen LogP contribution in [0.2, 0.25) is 0 Å². The van der Waals surface area contributed by atoms with Gasteiger partial charge in [-0.2, -0.15) is 4.31 Å². The van der Waals surface area contributed by atoms with Gasteiger partial charge in [0.15, 0.2) is 11.5 Å². The number of piperidine rings is 1. The van der Waals surface area contributed by atoms with Gasteiger partial charge in [-0.25, -0.2) is 8.42 Å². The molecule has 174 valence electrons. The van der Waals surface area contributed by atoms with Crippen molar-refractivity contribution in [2.45, 2.75) is 31.2 Å². The second kappa shape index (κ2) is 9.74. The first-order valence-electron chi connectivity index (χ1n) is 10.4. The molecule has 1 saturated heterocycles. The second-order valence-electron chi connectivity index (χ2n) is 8.06. The van der Waals surface area contributed by atoms with Crippen molar-refractivity contribution in [3.05, 3.63) is 52.1 Å². The van der Waals surface area contributed by atoms with E-state index in [2.05, 4.69) is 0 Å². The molecular weight excluding hydrogens is 434 g/mol. The lowest BCUT2D eigenvalue weighted by Gasteiger charge is -2.30. The summed E-state index contributed by atoms with van der Waals surface area (Å²) in [5.41, 5.74) is 0.938. The van der Waals surface area contributed by atoms with Crippen LogP contribution in [0.5, 0.6) is 11.5 Å². The monoisotopic (exact) mass is 463 g/mol. The van der Waals surface area contributed by atoms with E-state index >= 15 is 0 Å².